The first-order valence-corrected chi connectivity index (χ1v) is 5.91. The molecule has 1 aromatic heterocycles. The van der Waals surface area contributed by atoms with Gasteiger partial charge in [0.05, 0.1) is 18.5 Å². The van der Waals surface area contributed by atoms with Crippen molar-refractivity contribution in [3.05, 3.63) is 40.4 Å². The van der Waals surface area contributed by atoms with E-state index in [1.807, 2.05) is 12.1 Å². The van der Waals surface area contributed by atoms with Crippen molar-refractivity contribution in [2.75, 3.05) is 7.11 Å². The molecule has 0 fully saturated rings. The minimum absolute atomic E-state index is 0.0296. The Balaban J connectivity index is 2.28. The first-order chi connectivity index (χ1) is 8.74. The van der Waals surface area contributed by atoms with Gasteiger partial charge in [0.2, 0.25) is 5.88 Å². The average molecular weight is 246 g/mol. The molecule has 2 aromatic rings. The summed E-state index contributed by atoms with van der Waals surface area (Å²) in [7, 11) is 1.55. The van der Waals surface area contributed by atoms with E-state index in [9.17, 15) is 9.90 Å². The molecule has 1 aromatic carbocycles. The molecule has 0 unspecified atom stereocenters. The summed E-state index contributed by atoms with van der Waals surface area (Å²) < 4.78 is 8.17. The fourth-order valence-electron chi connectivity index (χ4n) is 2.49. The number of aromatic nitrogens is 2. The molecule has 0 saturated heterocycles. The highest BCUT2D eigenvalue weighted by Gasteiger charge is 2.25. The third-order valence-corrected chi connectivity index (χ3v) is 3.34. The van der Waals surface area contributed by atoms with Crippen LogP contribution in [0, 0.1) is 0 Å². The Morgan fingerprint density at radius 3 is 2.83 bits per heavy atom. The number of imidazole rings is 1. The first kappa shape index (κ1) is 11.0. The van der Waals surface area contributed by atoms with E-state index in [4.69, 9.17) is 4.74 Å². The van der Waals surface area contributed by atoms with Gasteiger partial charge in [-0.25, -0.2) is 9.36 Å². The van der Waals surface area contributed by atoms with Crippen molar-refractivity contribution in [2.45, 2.75) is 19.4 Å². The van der Waals surface area contributed by atoms with Crippen molar-refractivity contribution in [3.63, 3.8) is 0 Å². The zero-order chi connectivity index (χ0) is 12.7. The molecule has 1 N–H and O–H groups in total. The lowest BCUT2D eigenvalue weighted by molar-refractivity contribution is 0.403. The van der Waals surface area contributed by atoms with E-state index in [-0.39, 0.29) is 11.6 Å². The second-order valence-corrected chi connectivity index (χ2v) is 4.32. The van der Waals surface area contributed by atoms with Gasteiger partial charge in [-0.3, -0.25) is 4.57 Å². The minimum Gasteiger partial charge on any atom is -0.495 e. The largest absolute Gasteiger partial charge is 0.495 e. The Bertz CT molecular complexity index is 655. The number of nitrogens with zero attached hydrogens (tertiary/aromatic N) is 2. The quantitative estimate of drug-likeness (QED) is 0.869. The lowest BCUT2D eigenvalue weighted by atomic mass is 10.2. The third-order valence-electron chi connectivity index (χ3n) is 3.34. The van der Waals surface area contributed by atoms with Gasteiger partial charge in [0, 0.05) is 6.54 Å². The fourth-order valence-corrected chi connectivity index (χ4v) is 2.49. The molecule has 0 spiro atoms. The number of rotatable bonds is 2. The standard InChI is InChI=1S/C13H14N2O3/c1-18-11-7-3-2-5-9(11)15-12(16)10-6-4-8-14(10)13(15)17/h2-3,5,7,16H,4,6,8H2,1H3. The van der Waals surface area contributed by atoms with E-state index in [1.165, 1.54) is 4.57 Å². The van der Waals surface area contributed by atoms with E-state index in [0.717, 1.165) is 12.8 Å². The molecular formula is C13H14N2O3. The van der Waals surface area contributed by atoms with Crippen LogP contribution < -0.4 is 10.4 Å². The van der Waals surface area contributed by atoms with E-state index >= 15 is 0 Å². The van der Waals surface area contributed by atoms with Crippen LogP contribution in [0.15, 0.2) is 29.1 Å². The van der Waals surface area contributed by atoms with Gasteiger partial charge in [-0.05, 0) is 25.0 Å². The van der Waals surface area contributed by atoms with E-state index in [2.05, 4.69) is 0 Å². The summed E-state index contributed by atoms with van der Waals surface area (Å²) in [6.07, 6.45) is 1.65. The van der Waals surface area contributed by atoms with Gasteiger partial charge in [0.15, 0.2) is 0 Å². The zero-order valence-corrected chi connectivity index (χ0v) is 10.1. The predicted octanol–water partition coefficient (Wildman–Crippen LogP) is 1.30. The molecule has 18 heavy (non-hydrogen) atoms. The van der Waals surface area contributed by atoms with Crippen molar-refractivity contribution < 1.29 is 9.84 Å². The topological polar surface area (TPSA) is 56.4 Å². The summed E-state index contributed by atoms with van der Waals surface area (Å²) >= 11 is 0. The molecule has 94 valence electrons. The number of hydrogen-bond donors (Lipinski definition) is 1. The molecule has 0 bridgehead atoms. The van der Waals surface area contributed by atoms with E-state index in [1.54, 1.807) is 23.8 Å². The summed E-state index contributed by atoms with van der Waals surface area (Å²) in [4.78, 5) is 12.3. The molecule has 2 heterocycles. The highest BCUT2D eigenvalue weighted by Crippen LogP contribution is 2.29. The number of methoxy groups -OCH3 is 1. The molecule has 5 heteroatoms. The summed E-state index contributed by atoms with van der Waals surface area (Å²) in [5.41, 5.74) is 1.08. The Morgan fingerprint density at radius 2 is 2.11 bits per heavy atom. The van der Waals surface area contributed by atoms with E-state index in [0.29, 0.717) is 23.7 Å². The van der Waals surface area contributed by atoms with Crippen molar-refractivity contribution in [3.8, 4) is 17.3 Å². The van der Waals surface area contributed by atoms with Crippen LogP contribution in [-0.2, 0) is 13.0 Å². The summed E-state index contributed by atoms with van der Waals surface area (Å²) in [6.45, 7) is 0.671. The van der Waals surface area contributed by atoms with Crippen molar-refractivity contribution in [1.82, 2.24) is 9.13 Å². The van der Waals surface area contributed by atoms with Crippen molar-refractivity contribution in [2.24, 2.45) is 0 Å². The van der Waals surface area contributed by atoms with Crippen LogP contribution in [0.1, 0.15) is 12.1 Å². The summed E-state index contributed by atoms with van der Waals surface area (Å²) in [5, 5.41) is 10.2. The Morgan fingerprint density at radius 1 is 1.33 bits per heavy atom. The number of benzene rings is 1. The van der Waals surface area contributed by atoms with Crippen LogP contribution >= 0.6 is 0 Å². The van der Waals surface area contributed by atoms with Crippen LogP contribution in [0.25, 0.3) is 5.69 Å². The molecular weight excluding hydrogens is 232 g/mol. The van der Waals surface area contributed by atoms with Gasteiger partial charge in [-0.1, -0.05) is 12.1 Å². The molecule has 1 aliphatic rings. The molecule has 0 radical (unpaired) electrons. The maximum atomic E-state index is 12.3. The highest BCUT2D eigenvalue weighted by atomic mass is 16.5. The summed E-state index contributed by atoms with van der Waals surface area (Å²) in [5.74, 6) is 0.598. The third kappa shape index (κ3) is 1.37. The summed E-state index contributed by atoms with van der Waals surface area (Å²) in [6, 6.07) is 7.17. The Labute approximate surface area is 104 Å². The molecule has 1 aliphatic heterocycles. The molecule has 0 aliphatic carbocycles. The first-order valence-electron chi connectivity index (χ1n) is 5.91. The maximum Gasteiger partial charge on any atom is 0.336 e. The van der Waals surface area contributed by atoms with Gasteiger partial charge in [0.25, 0.3) is 0 Å². The smallest absolute Gasteiger partial charge is 0.336 e. The highest BCUT2D eigenvalue weighted by molar-refractivity contribution is 5.49. The zero-order valence-electron chi connectivity index (χ0n) is 10.1. The van der Waals surface area contributed by atoms with Crippen LogP contribution in [0.5, 0.6) is 11.6 Å². The van der Waals surface area contributed by atoms with Crippen molar-refractivity contribution >= 4 is 0 Å². The van der Waals surface area contributed by atoms with Crippen LogP contribution in [0.3, 0.4) is 0 Å². The lowest BCUT2D eigenvalue weighted by Crippen LogP contribution is -2.22. The van der Waals surface area contributed by atoms with Gasteiger partial charge < -0.3 is 9.84 Å². The van der Waals surface area contributed by atoms with Gasteiger partial charge in [0.1, 0.15) is 5.75 Å². The van der Waals surface area contributed by atoms with Crippen LogP contribution in [0.2, 0.25) is 0 Å². The molecule has 3 rings (SSSR count). The number of ether oxygens (including phenoxy) is 1. The molecule has 0 amide bonds. The Kier molecular flexibility index (Phi) is 2.40. The molecule has 0 saturated carbocycles. The minimum atomic E-state index is -0.204. The molecule has 0 atom stereocenters. The number of hydrogen-bond acceptors (Lipinski definition) is 3. The van der Waals surface area contributed by atoms with Gasteiger partial charge in [-0.2, -0.15) is 0 Å². The van der Waals surface area contributed by atoms with Crippen molar-refractivity contribution in [1.29, 1.82) is 0 Å². The number of para-hydroxylation sites is 2. The Hall–Kier alpha value is -2.17. The molecule has 5 nitrogen and oxygen atoms in total. The van der Waals surface area contributed by atoms with Gasteiger partial charge in [-0.15, -0.1) is 0 Å². The predicted molar refractivity (Wildman–Crippen MR) is 66.6 cm³/mol. The maximum absolute atomic E-state index is 12.3. The lowest BCUT2D eigenvalue weighted by Gasteiger charge is -2.09. The normalized spacial score (nSPS) is 13.6. The van der Waals surface area contributed by atoms with Gasteiger partial charge >= 0.3 is 5.69 Å². The number of fused-ring (bicyclic) bond motifs is 1. The van der Waals surface area contributed by atoms with Crippen LogP contribution in [-0.4, -0.2) is 21.4 Å². The van der Waals surface area contributed by atoms with E-state index < -0.39 is 0 Å². The average Bonchev–Trinajstić information content (AvgIpc) is 2.95. The monoisotopic (exact) mass is 246 g/mol. The fraction of sp³-hybridized carbons (Fsp3) is 0.308. The number of aromatic hydroxyl groups is 1. The van der Waals surface area contributed by atoms with Crippen LogP contribution in [0.4, 0.5) is 0 Å². The second kappa shape index (κ2) is 3.94. The second-order valence-electron chi connectivity index (χ2n) is 4.32. The SMILES string of the molecule is COc1ccccc1-n1c(O)c2n(c1=O)CCC2.